The summed E-state index contributed by atoms with van der Waals surface area (Å²) in [5, 5.41) is 0. The average molecular weight is 576 g/mol. The molecule has 4 fully saturated rings. The van der Waals surface area contributed by atoms with Gasteiger partial charge in [-0.2, -0.15) is 13.5 Å². The molecule has 1 aliphatic heterocycles. The number of ether oxygens (including phenoxy) is 1. The van der Waals surface area contributed by atoms with Crippen LogP contribution in [0.25, 0.3) is 0 Å². The number of carbonyl (C=O) groups excluding carboxylic acids is 1. The summed E-state index contributed by atoms with van der Waals surface area (Å²) in [5.41, 5.74) is 5.09. The van der Waals surface area contributed by atoms with Crippen molar-refractivity contribution < 1.29 is 9.53 Å². The SMILES string of the molecule is CC1(C)CCCC2(C)C1CCC1(CC1)C2CC/C=C1\CCOC1=O.CN=Cc1ccccc1.Cc1ccccc1.S. The average Bonchev–Trinajstić information content (AvgIpc) is 3.58. The van der Waals surface area contributed by atoms with E-state index in [1.807, 2.05) is 54.7 Å². The van der Waals surface area contributed by atoms with Crippen LogP contribution in [0.15, 0.2) is 77.3 Å². The lowest BCUT2D eigenvalue weighted by Crippen LogP contribution is -2.52. The first-order valence-electron chi connectivity index (χ1n) is 15.6. The quantitative estimate of drug-likeness (QED) is 0.207. The summed E-state index contributed by atoms with van der Waals surface area (Å²) in [5.74, 6) is 1.68. The molecule has 3 nitrogen and oxygen atoms in total. The van der Waals surface area contributed by atoms with Gasteiger partial charge in [0.15, 0.2) is 0 Å². The van der Waals surface area contributed by atoms with Gasteiger partial charge in [0.2, 0.25) is 0 Å². The molecule has 0 N–H and O–H groups in total. The Morgan fingerprint density at radius 2 is 1.59 bits per heavy atom. The number of fused-ring (bicyclic) bond motifs is 1. The van der Waals surface area contributed by atoms with Gasteiger partial charge < -0.3 is 4.74 Å². The minimum Gasteiger partial charge on any atom is -0.462 e. The van der Waals surface area contributed by atoms with Crippen molar-refractivity contribution in [2.45, 2.75) is 91.9 Å². The van der Waals surface area contributed by atoms with Gasteiger partial charge >= 0.3 is 5.97 Å². The third kappa shape index (κ3) is 8.37. The summed E-state index contributed by atoms with van der Waals surface area (Å²) in [6, 6.07) is 20.3. The summed E-state index contributed by atoms with van der Waals surface area (Å²) in [4.78, 5) is 15.6. The Hall–Kier alpha value is -2.33. The lowest BCUT2D eigenvalue weighted by Gasteiger charge is -2.60. The van der Waals surface area contributed by atoms with Gasteiger partial charge in [-0.1, -0.05) is 99.5 Å². The van der Waals surface area contributed by atoms with Crippen molar-refractivity contribution in [1.29, 1.82) is 0 Å². The summed E-state index contributed by atoms with van der Waals surface area (Å²) in [6.45, 7) is 10.3. The second-order valence-corrected chi connectivity index (χ2v) is 13.5. The van der Waals surface area contributed by atoms with Crippen LogP contribution in [0.3, 0.4) is 0 Å². The van der Waals surface area contributed by atoms with Crippen molar-refractivity contribution in [1.82, 2.24) is 0 Å². The zero-order valence-electron chi connectivity index (χ0n) is 26.1. The number of aryl methyl sites for hydroxylation is 1. The predicted molar refractivity (Wildman–Crippen MR) is 178 cm³/mol. The number of aliphatic imine (C=N–C) groups is 1. The molecule has 0 amide bonds. The molecule has 3 unspecified atom stereocenters. The van der Waals surface area contributed by atoms with Gasteiger partial charge in [-0.05, 0) is 91.9 Å². The van der Waals surface area contributed by atoms with Crippen molar-refractivity contribution in [3.05, 3.63) is 83.4 Å². The van der Waals surface area contributed by atoms with Crippen LogP contribution < -0.4 is 0 Å². The second kappa shape index (κ2) is 14.7. The second-order valence-electron chi connectivity index (χ2n) is 13.5. The lowest BCUT2D eigenvalue weighted by atomic mass is 9.45. The fourth-order valence-electron chi connectivity index (χ4n) is 8.28. The molecule has 2 aromatic carbocycles. The van der Waals surface area contributed by atoms with Crippen LogP contribution >= 0.6 is 13.5 Å². The van der Waals surface area contributed by atoms with E-state index in [1.165, 1.54) is 56.9 Å². The van der Waals surface area contributed by atoms with E-state index >= 15 is 0 Å². The van der Waals surface area contributed by atoms with Crippen LogP contribution in [0.2, 0.25) is 0 Å². The smallest absolute Gasteiger partial charge is 0.333 e. The van der Waals surface area contributed by atoms with Crippen molar-refractivity contribution in [2.24, 2.45) is 33.1 Å². The Labute approximate surface area is 256 Å². The summed E-state index contributed by atoms with van der Waals surface area (Å²) >= 11 is 0. The largest absolute Gasteiger partial charge is 0.462 e. The van der Waals surface area contributed by atoms with E-state index in [-0.39, 0.29) is 19.5 Å². The molecule has 6 rings (SSSR count). The molecular weight excluding hydrogens is 522 g/mol. The van der Waals surface area contributed by atoms with Crippen molar-refractivity contribution in [3.63, 3.8) is 0 Å². The van der Waals surface area contributed by atoms with E-state index in [2.05, 4.69) is 50.9 Å². The fraction of sp³-hybridized carbons (Fsp3) is 0.568. The molecule has 224 valence electrons. The molecule has 4 heteroatoms. The number of allylic oxidation sites excluding steroid dienone is 1. The van der Waals surface area contributed by atoms with Crippen molar-refractivity contribution >= 4 is 25.7 Å². The molecule has 1 spiro atoms. The highest BCUT2D eigenvalue weighted by Gasteiger charge is 2.62. The Kier molecular flexibility index (Phi) is 11.9. The number of esters is 1. The Balaban J connectivity index is 0.000000223. The van der Waals surface area contributed by atoms with Crippen LogP contribution in [0.4, 0.5) is 0 Å². The van der Waals surface area contributed by atoms with Gasteiger partial charge in [0.05, 0.1) is 6.61 Å². The zero-order chi connectivity index (χ0) is 28.6. The number of rotatable bonds is 4. The molecule has 41 heavy (non-hydrogen) atoms. The topological polar surface area (TPSA) is 38.7 Å². The van der Waals surface area contributed by atoms with Gasteiger partial charge in [0, 0.05) is 25.3 Å². The Morgan fingerprint density at radius 3 is 2.12 bits per heavy atom. The molecule has 0 radical (unpaired) electrons. The van der Waals surface area contributed by atoms with Crippen LogP contribution in [0.5, 0.6) is 0 Å². The molecular formula is C37H53NO2S. The maximum absolute atomic E-state index is 11.7. The summed E-state index contributed by atoms with van der Waals surface area (Å²) < 4.78 is 5.09. The summed E-state index contributed by atoms with van der Waals surface area (Å²) in [6.07, 6.45) is 17.3. The van der Waals surface area contributed by atoms with Crippen LogP contribution in [-0.4, -0.2) is 25.8 Å². The van der Waals surface area contributed by atoms with Gasteiger partial charge in [-0.25, -0.2) is 4.79 Å². The van der Waals surface area contributed by atoms with E-state index < -0.39 is 0 Å². The minimum absolute atomic E-state index is 0. The molecule has 3 aliphatic carbocycles. The molecule has 0 aromatic heterocycles. The maximum atomic E-state index is 11.7. The van der Waals surface area contributed by atoms with E-state index in [0.29, 0.717) is 22.9 Å². The first-order valence-corrected chi connectivity index (χ1v) is 15.6. The number of cyclic esters (lactones) is 1. The first-order chi connectivity index (χ1) is 19.2. The Bertz CT molecular complexity index is 1150. The molecule has 3 saturated carbocycles. The van der Waals surface area contributed by atoms with Gasteiger partial charge in [0.1, 0.15) is 0 Å². The normalized spacial score (nSPS) is 27.9. The monoisotopic (exact) mass is 575 g/mol. The first kappa shape index (κ1) is 33.2. The number of hydrogen-bond acceptors (Lipinski definition) is 3. The van der Waals surface area contributed by atoms with Gasteiger partial charge in [0.25, 0.3) is 0 Å². The predicted octanol–water partition coefficient (Wildman–Crippen LogP) is 9.51. The van der Waals surface area contributed by atoms with Crippen LogP contribution in [0, 0.1) is 35.0 Å². The third-order valence-electron chi connectivity index (χ3n) is 10.4. The van der Waals surface area contributed by atoms with Crippen LogP contribution in [0.1, 0.15) is 96.1 Å². The maximum Gasteiger partial charge on any atom is 0.333 e. The Morgan fingerprint density at radius 1 is 0.927 bits per heavy atom. The van der Waals surface area contributed by atoms with Crippen LogP contribution in [-0.2, 0) is 9.53 Å². The van der Waals surface area contributed by atoms with E-state index in [4.69, 9.17) is 4.74 Å². The minimum atomic E-state index is -0.0670. The molecule has 0 bridgehead atoms. The molecule has 2 aromatic rings. The molecule has 1 saturated heterocycles. The molecule has 1 heterocycles. The number of nitrogens with zero attached hydrogens (tertiary/aromatic N) is 1. The number of carbonyl (C=O) groups is 1. The van der Waals surface area contributed by atoms with E-state index in [9.17, 15) is 4.79 Å². The summed E-state index contributed by atoms with van der Waals surface area (Å²) in [7, 11) is 1.77. The molecule has 4 aliphatic rings. The zero-order valence-corrected chi connectivity index (χ0v) is 27.1. The standard InChI is InChI=1S/C22H34O2.C8H9N.C7H8.H2S/c1-20(2)10-5-11-21(3)17(20)8-12-22(13-14-22)18(21)7-4-6-16-9-15-24-19(16)23;1-9-7-8-5-3-2-4-6-8;1-7-5-3-2-4-6-7;/h6,17-18H,4-5,7-15H2,1-3H3;2-7H,1H3;2-6H,1H3;1H2/b16-6+;;;. The number of hydrogen-bond donors (Lipinski definition) is 0. The van der Waals surface area contributed by atoms with E-state index in [1.54, 1.807) is 7.05 Å². The lowest BCUT2D eigenvalue weighted by molar-refractivity contribution is -0.135. The van der Waals surface area contributed by atoms with Gasteiger partial charge in [-0.3, -0.25) is 4.99 Å². The fourth-order valence-corrected chi connectivity index (χ4v) is 8.28. The van der Waals surface area contributed by atoms with Gasteiger partial charge in [-0.15, -0.1) is 0 Å². The molecule has 3 atom stereocenters. The third-order valence-corrected chi connectivity index (χ3v) is 10.4. The highest BCUT2D eigenvalue weighted by atomic mass is 32.1. The van der Waals surface area contributed by atoms with E-state index in [0.717, 1.165) is 35.8 Å². The number of benzene rings is 2. The highest BCUT2D eigenvalue weighted by Crippen LogP contribution is 2.72. The van der Waals surface area contributed by atoms with Crippen molar-refractivity contribution in [3.8, 4) is 0 Å². The highest BCUT2D eigenvalue weighted by molar-refractivity contribution is 7.59. The van der Waals surface area contributed by atoms with Crippen molar-refractivity contribution in [2.75, 3.05) is 13.7 Å².